The Balaban J connectivity index is 0.000000409. The van der Waals surface area contributed by atoms with Gasteiger partial charge in [0.2, 0.25) is 0 Å². The molecule has 0 aliphatic heterocycles. The van der Waals surface area contributed by atoms with Crippen LogP contribution >= 0.6 is 11.6 Å². The minimum absolute atomic E-state index is 0.0414. The maximum atomic E-state index is 11.6. The van der Waals surface area contributed by atoms with Crippen LogP contribution in [0, 0.1) is 13.8 Å². The molecule has 4 aromatic rings. The SMILES string of the molecule is C=C(C)C(=O)OCCCc1ccc(N(c2ccc(-c3ccccc3)cc2)c2ccc(C)c(C)c2)cc1.C=C(C)C(=O)OCCOC(=O)CCCl. The number of rotatable bonds is 15. The number of hydrogen-bond acceptors (Lipinski definition) is 7. The second-order valence-electron chi connectivity index (χ2n) is 11.8. The van der Waals surface area contributed by atoms with Crippen LogP contribution in [-0.4, -0.2) is 43.6 Å². The Morgan fingerprint density at radius 3 is 1.72 bits per heavy atom. The van der Waals surface area contributed by atoms with E-state index in [4.69, 9.17) is 16.3 Å². The maximum Gasteiger partial charge on any atom is 0.333 e. The number of alkyl halides is 1. The van der Waals surface area contributed by atoms with Gasteiger partial charge in [0.15, 0.2) is 0 Å². The summed E-state index contributed by atoms with van der Waals surface area (Å²) in [4.78, 5) is 35.4. The van der Waals surface area contributed by atoms with Gasteiger partial charge in [-0.3, -0.25) is 4.79 Å². The number of hydrogen-bond donors (Lipinski definition) is 0. The maximum absolute atomic E-state index is 11.6. The van der Waals surface area contributed by atoms with E-state index in [-0.39, 0.29) is 31.5 Å². The third-order valence-corrected chi connectivity index (χ3v) is 7.78. The molecule has 4 aromatic carbocycles. The first-order chi connectivity index (χ1) is 24.0. The molecule has 0 N–H and O–H groups in total. The quantitative estimate of drug-likeness (QED) is 0.0403. The monoisotopic (exact) mass is 695 g/mol. The predicted octanol–water partition coefficient (Wildman–Crippen LogP) is 9.77. The van der Waals surface area contributed by atoms with E-state index in [2.05, 4.69) is 132 Å². The van der Waals surface area contributed by atoms with E-state index in [1.165, 1.54) is 27.8 Å². The summed E-state index contributed by atoms with van der Waals surface area (Å²) in [6, 6.07) is 34.4. The zero-order valence-corrected chi connectivity index (χ0v) is 30.1. The molecule has 0 aliphatic rings. The van der Waals surface area contributed by atoms with Gasteiger partial charge in [0.1, 0.15) is 13.2 Å². The summed E-state index contributed by atoms with van der Waals surface area (Å²) in [6.45, 7) is 15.0. The minimum Gasteiger partial charge on any atom is -0.462 e. The van der Waals surface area contributed by atoms with Crippen LogP contribution in [0.25, 0.3) is 11.1 Å². The van der Waals surface area contributed by atoms with Crippen molar-refractivity contribution in [2.24, 2.45) is 0 Å². The van der Waals surface area contributed by atoms with Crippen LogP contribution in [0.3, 0.4) is 0 Å². The molecular weight excluding hydrogens is 650 g/mol. The van der Waals surface area contributed by atoms with Gasteiger partial charge in [-0.05, 0) is 105 Å². The Bertz CT molecular complexity index is 1730. The summed E-state index contributed by atoms with van der Waals surface area (Å²) in [7, 11) is 0. The molecule has 0 spiro atoms. The van der Waals surface area contributed by atoms with Crippen LogP contribution in [0.5, 0.6) is 0 Å². The molecule has 0 atom stereocenters. The number of aryl methyl sites for hydroxylation is 3. The van der Waals surface area contributed by atoms with Gasteiger partial charge in [-0.1, -0.05) is 73.8 Å². The van der Waals surface area contributed by atoms with Gasteiger partial charge in [-0.25, -0.2) is 9.59 Å². The van der Waals surface area contributed by atoms with Crippen LogP contribution in [-0.2, 0) is 35.0 Å². The lowest BCUT2D eigenvalue weighted by Crippen LogP contribution is -2.14. The zero-order valence-electron chi connectivity index (χ0n) is 29.4. The second-order valence-corrected chi connectivity index (χ2v) is 12.2. The topological polar surface area (TPSA) is 82.1 Å². The number of ether oxygens (including phenoxy) is 3. The molecule has 7 nitrogen and oxygen atoms in total. The van der Waals surface area contributed by atoms with E-state index in [0.29, 0.717) is 17.8 Å². The van der Waals surface area contributed by atoms with E-state index in [1.807, 2.05) is 6.07 Å². The number of carbonyl (C=O) groups is 3. The van der Waals surface area contributed by atoms with Crippen molar-refractivity contribution < 1.29 is 28.6 Å². The highest BCUT2D eigenvalue weighted by atomic mass is 35.5. The molecule has 262 valence electrons. The molecule has 0 saturated carbocycles. The minimum atomic E-state index is -0.488. The second kappa shape index (κ2) is 20.4. The van der Waals surface area contributed by atoms with E-state index < -0.39 is 11.9 Å². The van der Waals surface area contributed by atoms with Crippen LogP contribution in [0.4, 0.5) is 17.1 Å². The van der Waals surface area contributed by atoms with Crippen molar-refractivity contribution in [1.29, 1.82) is 0 Å². The number of carbonyl (C=O) groups excluding carboxylic acids is 3. The van der Waals surface area contributed by atoms with Crippen molar-refractivity contribution in [3.05, 3.63) is 138 Å². The Kier molecular flexibility index (Phi) is 16.0. The third kappa shape index (κ3) is 12.7. The van der Waals surface area contributed by atoms with Gasteiger partial charge in [0.05, 0.1) is 13.0 Å². The number of anilines is 3. The van der Waals surface area contributed by atoms with Gasteiger partial charge in [0, 0.05) is 34.1 Å². The summed E-state index contributed by atoms with van der Waals surface area (Å²) in [5.74, 6) is -0.984. The van der Waals surface area contributed by atoms with Gasteiger partial charge in [-0.15, -0.1) is 11.6 Å². The molecule has 50 heavy (non-hydrogen) atoms. The first-order valence-electron chi connectivity index (χ1n) is 16.5. The van der Waals surface area contributed by atoms with Crippen LogP contribution in [0.15, 0.2) is 121 Å². The van der Waals surface area contributed by atoms with Crippen molar-refractivity contribution >= 4 is 46.6 Å². The smallest absolute Gasteiger partial charge is 0.333 e. The predicted molar refractivity (Wildman–Crippen MR) is 202 cm³/mol. The molecule has 0 unspecified atom stereocenters. The van der Waals surface area contributed by atoms with Gasteiger partial charge >= 0.3 is 17.9 Å². The highest BCUT2D eigenvalue weighted by Gasteiger charge is 2.14. The fourth-order valence-electron chi connectivity index (χ4n) is 4.68. The zero-order chi connectivity index (χ0) is 36.5. The van der Waals surface area contributed by atoms with Crippen molar-refractivity contribution in [2.45, 2.75) is 47.0 Å². The first-order valence-corrected chi connectivity index (χ1v) is 17.0. The lowest BCUT2D eigenvalue weighted by Gasteiger charge is -2.26. The molecule has 0 radical (unpaired) electrons. The molecule has 0 aromatic heterocycles. The average Bonchev–Trinajstić information content (AvgIpc) is 3.11. The summed E-state index contributed by atoms with van der Waals surface area (Å²) in [5, 5.41) is 0. The Morgan fingerprint density at radius 1 is 0.640 bits per heavy atom. The molecule has 0 amide bonds. The van der Waals surface area contributed by atoms with Gasteiger partial charge < -0.3 is 19.1 Å². The Morgan fingerprint density at radius 2 is 1.16 bits per heavy atom. The molecule has 0 bridgehead atoms. The van der Waals surface area contributed by atoms with Crippen molar-refractivity contribution in [3.8, 4) is 11.1 Å². The third-order valence-electron chi connectivity index (χ3n) is 7.59. The van der Waals surface area contributed by atoms with Crippen LogP contribution in [0.2, 0.25) is 0 Å². The Labute approximate surface area is 301 Å². The van der Waals surface area contributed by atoms with Crippen molar-refractivity contribution in [1.82, 2.24) is 0 Å². The molecular formula is C42H46ClNO6. The summed E-state index contributed by atoms with van der Waals surface area (Å²) in [5.41, 5.74) is 10.2. The molecule has 0 saturated heterocycles. The molecule has 0 heterocycles. The fourth-order valence-corrected chi connectivity index (χ4v) is 4.84. The van der Waals surface area contributed by atoms with Gasteiger partial charge in [0.25, 0.3) is 0 Å². The summed E-state index contributed by atoms with van der Waals surface area (Å²) in [6.07, 6.45) is 1.79. The van der Waals surface area contributed by atoms with Crippen LogP contribution in [0.1, 0.15) is 43.4 Å². The fraction of sp³-hybridized carbons (Fsp3) is 0.262. The largest absolute Gasteiger partial charge is 0.462 e. The molecule has 0 aliphatic carbocycles. The van der Waals surface area contributed by atoms with E-state index >= 15 is 0 Å². The lowest BCUT2D eigenvalue weighted by molar-refractivity contribution is -0.149. The highest BCUT2D eigenvalue weighted by Crippen LogP contribution is 2.36. The number of nitrogens with zero attached hydrogens (tertiary/aromatic N) is 1. The summed E-state index contributed by atoms with van der Waals surface area (Å²) >= 11 is 5.30. The van der Waals surface area contributed by atoms with Crippen LogP contribution < -0.4 is 4.90 Å². The lowest BCUT2D eigenvalue weighted by atomic mass is 10.0. The van der Waals surface area contributed by atoms with Crippen molar-refractivity contribution in [2.75, 3.05) is 30.6 Å². The summed E-state index contributed by atoms with van der Waals surface area (Å²) < 4.78 is 14.6. The van der Waals surface area contributed by atoms with Crippen molar-refractivity contribution in [3.63, 3.8) is 0 Å². The molecule has 0 fully saturated rings. The van der Waals surface area contributed by atoms with E-state index in [0.717, 1.165) is 29.9 Å². The normalized spacial score (nSPS) is 10.3. The number of halogens is 1. The molecule has 4 rings (SSSR count). The van der Waals surface area contributed by atoms with Gasteiger partial charge in [-0.2, -0.15) is 0 Å². The Hall–Kier alpha value is -5.14. The van der Waals surface area contributed by atoms with E-state index in [9.17, 15) is 14.4 Å². The first kappa shape index (κ1) is 39.3. The number of benzene rings is 4. The number of esters is 3. The highest BCUT2D eigenvalue weighted by molar-refractivity contribution is 6.18. The van der Waals surface area contributed by atoms with E-state index in [1.54, 1.807) is 13.8 Å². The standard InChI is InChI=1S/C33H33NO2.C9H13ClO4/c1-24(2)33(35)36-22-8-9-27-13-18-30(19-14-27)34(32-17-12-25(3)26(4)23-32)31-20-15-29(16-21-31)28-10-6-5-7-11-28;1-7(2)9(12)14-6-5-13-8(11)3-4-10/h5-7,10-21,23H,1,8-9,22H2,2-4H3;1,3-6H2,2H3. The average molecular weight is 696 g/mol. The molecule has 8 heteroatoms.